The highest BCUT2D eigenvalue weighted by atomic mass is 32.2. The number of amides is 2. The van der Waals surface area contributed by atoms with E-state index in [4.69, 9.17) is 5.11 Å². The molecule has 0 radical (unpaired) electrons. The molecule has 2 saturated heterocycles. The number of thioether (sulfide) groups is 1. The van der Waals surface area contributed by atoms with Crippen LogP contribution in [0.1, 0.15) is 19.3 Å². The van der Waals surface area contributed by atoms with E-state index in [1.54, 1.807) is 11.8 Å². The van der Waals surface area contributed by atoms with Crippen molar-refractivity contribution in [1.29, 1.82) is 0 Å². The molecule has 0 aliphatic carbocycles. The van der Waals surface area contributed by atoms with Crippen LogP contribution in [0.5, 0.6) is 0 Å². The number of urea groups is 1. The van der Waals surface area contributed by atoms with Gasteiger partial charge in [-0.2, -0.15) is 11.8 Å². The van der Waals surface area contributed by atoms with Gasteiger partial charge in [-0.25, -0.2) is 14.4 Å². The van der Waals surface area contributed by atoms with Crippen molar-refractivity contribution >= 4 is 29.7 Å². The van der Waals surface area contributed by atoms with Crippen LogP contribution in [0.4, 0.5) is 4.79 Å². The summed E-state index contributed by atoms with van der Waals surface area (Å²) in [6.45, 7) is 0. The predicted molar refractivity (Wildman–Crippen MR) is 66.2 cm³/mol. The van der Waals surface area contributed by atoms with Gasteiger partial charge in [0, 0.05) is 11.0 Å². The maximum Gasteiger partial charge on any atom is 0.342 e. The zero-order valence-electron chi connectivity index (χ0n) is 9.64. The summed E-state index contributed by atoms with van der Waals surface area (Å²) in [5, 5.41) is 14.7. The number of carboxylic acids is 1. The van der Waals surface area contributed by atoms with Crippen LogP contribution in [0.3, 0.4) is 0 Å². The Morgan fingerprint density at radius 3 is 2.94 bits per heavy atom. The molecule has 18 heavy (non-hydrogen) atoms. The third-order valence-electron chi connectivity index (χ3n) is 3.23. The highest BCUT2D eigenvalue weighted by Crippen LogP contribution is 2.33. The molecule has 0 spiro atoms. The van der Waals surface area contributed by atoms with Crippen LogP contribution in [0.2, 0.25) is 0 Å². The highest BCUT2D eigenvalue weighted by molar-refractivity contribution is 8.00. The van der Waals surface area contributed by atoms with Crippen molar-refractivity contribution in [1.82, 2.24) is 10.6 Å². The van der Waals surface area contributed by atoms with Crippen LogP contribution >= 0.6 is 11.8 Å². The quantitative estimate of drug-likeness (QED) is 0.376. The largest absolute Gasteiger partial charge is 0.477 e. The Kier molecular flexibility index (Phi) is 3.93. The Morgan fingerprint density at radius 1 is 1.50 bits per heavy atom. The molecular formula is C11H14N2O4S. The minimum atomic E-state index is -1.20. The second-order valence-electron chi connectivity index (χ2n) is 4.40. The summed E-state index contributed by atoms with van der Waals surface area (Å²) in [7, 11) is 0. The van der Waals surface area contributed by atoms with Crippen molar-refractivity contribution < 1.29 is 19.5 Å². The number of rotatable bonds is 5. The molecule has 2 amide bonds. The lowest BCUT2D eigenvalue weighted by atomic mass is 10.0. The zero-order chi connectivity index (χ0) is 13.1. The number of fused-ring (bicyclic) bond motifs is 1. The van der Waals surface area contributed by atoms with E-state index >= 15 is 0 Å². The summed E-state index contributed by atoms with van der Waals surface area (Å²) in [6, 6.07) is 0.165. The van der Waals surface area contributed by atoms with Gasteiger partial charge in [0.25, 0.3) is 0 Å². The van der Waals surface area contributed by atoms with Gasteiger partial charge in [0.05, 0.1) is 12.1 Å². The van der Waals surface area contributed by atoms with Crippen molar-refractivity contribution in [2.45, 2.75) is 36.6 Å². The monoisotopic (exact) mass is 272 g/mol. The molecule has 0 unspecified atom stereocenters. The second kappa shape index (κ2) is 5.46. The first kappa shape index (κ1) is 13.0. The summed E-state index contributed by atoms with van der Waals surface area (Å²) < 4.78 is 0. The third-order valence-corrected chi connectivity index (χ3v) is 4.74. The first-order valence-electron chi connectivity index (χ1n) is 5.77. The first-order chi connectivity index (χ1) is 8.61. The van der Waals surface area contributed by atoms with Crippen LogP contribution in [0.15, 0.2) is 5.57 Å². The number of carbonyl (C=O) groups is 2. The van der Waals surface area contributed by atoms with E-state index in [0.717, 1.165) is 12.2 Å². The second-order valence-corrected chi connectivity index (χ2v) is 5.67. The lowest BCUT2D eigenvalue weighted by Crippen LogP contribution is -2.36. The Balaban J connectivity index is 1.79. The van der Waals surface area contributed by atoms with E-state index in [1.165, 1.54) is 5.94 Å². The van der Waals surface area contributed by atoms with Gasteiger partial charge in [-0.3, -0.25) is 0 Å². The standard InChI is InChI=1S/C11H14N2O4S/c14-4-6(10(15)16)2-1-3-8-9-7(5-18-8)12-11(17)13-9/h7-9H,1-3,5H2,(H,15,16)(H2,12,13,17)/t7-,8-,9-/m0/s1/i4+2. The molecule has 0 aromatic rings. The van der Waals surface area contributed by atoms with E-state index in [9.17, 15) is 14.4 Å². The zero-order valence-corrected chi connectivity index (χ0v) is 10.5. The number of nitrogens with one attached hydrogen (secondary N) is 2. The van der Waals surface area contributed by atoms with Crippen molar-refractivity contribution in [2.75, 3.05) is 5.75 Å². The van der Waals surface area contributed by atoms with E-state index in [0.29, 0.717) is 6.42 Å². The van der Waals surface area contributed by atoms with Crippen LogP contribution in [0.25, 0.3) is 0 Å². The van der Waals surface area contributed by atoms with Gasteiger partial charge < -0.3 is 15.7 Å². The number of hydrogen-bond donors (Lipinski definition) is 3. The van der Waals surface area contributed by atoms with Crippen LogP contribution in [-0.4, -0.2) is 46.1 Å². The maximum absolute atomic E-state index is 11.2. The number of hydrogen-bond acceptors (Lipinski definition) is 4. The van der Waals surface area contributed by atoms with Gasteiger partial charge >= 0.3 is 12.0 Å². The molecule has 2 heterocycles. The molecule has 2 aliphatic rings. The summed E-state index contributed by atoms with van der Waals surface area (Å²) in [4.78, 5) is 32.2. The van der Waals surface area contributed by atoms with Crippen molar-refractivity contribution in [3.63, 3.8) is 0 Å². The number of carbonyl (C=O) groups excluding carboxylic acids is 2. The minimum absolute atomic E-state index is 0.121. The molecule has 98 valence electrons. The summed E-state index contributed by atoms with van der Waals surface area (Å²) in [5.41, 5.74) is -0.205. The molecule has 2 rings (SSSR count). The molecule has 2 aliphatic heterocycles. The number of aliphatic carboxylic acids is 1. The third kappa shape index (κ3) is 2.68. The average Bonchev–Trinajstić information content (AvgIpc) is 2.84. The van der Waals surface area contributed by atoms with Gasteiger partial charge in [0.2, 0.25) is 0 Å². The van der Waals surface area contributed by atoms with Crippen LogP contribution < -0.4 is 10.6 Å². The van der Waals surface area contributed by atoms with Gasteiger partial charge in [-0.05, 0) is 19.3 Å². The summed E-state index contributed by atoms with van der Waals surface area (Å²) in [5.74, 6) is 1.14. The minimum Gasteiger partial charge on any atom is -0.477 e. The molecule has 6 nitrogen and oxygen atoms in total. The lowest BCUT2D eigenvalue weighted by molar-refractivity contribution is -0.132. The molecule has 7 heteroatoms. The molecule has 0 aromatic carbocycles. The fourth-order valence-corrected chi connectivity index (χ4v) is 3.87. The molecule has 0 saturated carbocycles. The molecule has 2 fully saturated rings. The van der Waals surface area contributed by atoms with Crippen LogP contribution in [-0.2, 0) is 9.59 Å². The molecule has 0 bridgehead atoms. The van der Waals surface area contributed by atoms with Crippen molar-refractivity contribution in [2.24, 2.45) is 0 Å². The predicted octanol–water partition coefficient (Wildman–Crippen LogP) is 0.165. The Hall–Kier alpha value is -1.46. The number of carboxylic acid groups (broad SMARTS) is 1. The topological polar surface area (TPSA) is 95.5 Å². The van der Waals surface area contributed by atoms with Crippen molar-refractivity contribution in [3.8, 4) is 0 Å². The molecule has 3 N–H and O–H groups in total. The average molecular weight is 272 g/mol. The SMILES string of the molecule is O=[14C]=C(CCC[C@@H]1SC[C@@H]2NC(=O)N[C@@H]21)C(=O)O. The molecule has 3 atom stereocenters. The smallest absolute Gasteiger partial charge is 0.342 e. The van der Waals surface area contributed by atoms with Gasteiger partial charge in [0.1, 0.15) is 11.5 Å². The van der Waals surface area contributed by atoms with E-state index in [-0.39, 0.29) is 35.4 Å². The van der Waals surface area contributed by atoms with Crippen LogP contribution in [0, 0.1) is 0 Å². The fourth-order valence-electron chi connectivity index (χ4n) is 2.32. The first-order valence-corrected chi connectivity index (χ1v) is 6.82. The van der Waals surface area contributed by atoms with E-state index in [2.05, 4.69) is 10.6 Å². The van der Waals surface area contributed by atoms with E-state index in [1.807, 2.05) is 0 Å². The van der Waals surface area contributed by atoms with Gasteiger partial charge in [0.15, 0.2) is 0 Å². The normalized spacial score (nSPS) is 29.1. The molecule has 0 aromatic heterocycles. The maximum atomic E-state index is 11.2. The Morgan fingerprint density at radius 2 is 2.28 bits per heavy atom. The Labute approximate surface area is 108 Å². The van der Waals surface area contributed by atoms with E-state index < -0.39 is 5.97 Å². The fraction of sp³-hybridized carbons (Fsp3) is 0.636. The van der Waals surface area contributed by atoms with Crippen molar-refractivity contribution in [3.05, 3.63) is 5.57 Å². The summed E-state index contributed by atoms with van der Waals surface area (Å²) >= 11 is 1.77. The molecular weight excluding hydrogens is 258 g/mol. The summed E-state index contributed by atoms with van der Waals surface area (Å²) in [6.07, 6.45) is 1.63. The van der Waals surface area contributed by atoms with Gasteiger partial charge in [-0.1, -0.05) is 0 Å². The Bertz CT molecular complexity index is 419. The van der Waals surface area contributed by atoms with Gasteiger partial charge in [-0.15, -0.1) is 0 Å². The highest BCUT2D eigenvalue weighted by Gasteiger charge is 2.42. The lowest BCUT2D eigenvalue weighted by Gasteiger charge is -2.16.